The lowest BCUT2D eigenvalue weighted by atomic mass is 10.1. The van der Waals surface area contributed by atoms with E-state index in [-0.39, 0.29) is 5.91 Å². The van der Waals surface area contributed by atoms with E-state index in [1.165, 1.54) is 23.0 Å². The molecule has 0 bridgehead atoms. The Balaban J connectivity index is 1.50. The number of anilines is 1. The van der Waals surface area contributed by atoms with Crippen LogP contribution in [-0.4, -0.2) is 21.9 Å². The van der Waals surface area contributed by atoms with E-state index in [4.69, 9.17) is 23.2 Å². The van der Waals surface area contributed by atoms with Gasteiger partial charge in [-0.25, -0.2) is 0 Å². The van der Waals surface area contributed by atoms with E-state index in [9.17, 15) is 4.79 Å². The molecule has 1 heterocycles. The van der Waals surface area contributed by atoms with Crippen molar-refractivity contribution in [1.82, 2.24) is 10.2 Å². The molecule has 1 amide bonds. The van der Waals surface area contributed by atoms with Gasteiger partial charge in [-0.2, -0.15) is 0 Å². The lowest BCUT2D eigenvalue weighted by Gasteiger charge is -2.03. The van der Waals surface area contributed by atoms with E-state index >= 15 is 0 Å². The maximum absolute atomic E-state index is 12.3. The third kappa shape index (κ3) is 5.45. The molecule has 3 rings (SSSR count). The maximum Gasteiger partial charge on any atom is 0.259 e. The molecule has 0 radical (unpaired) electrons. The van der Waals surface area contributed by atoms with Crippen LogP contribution in [0, 0.1) is 0 Å². The lowest BCUT2D eigenvalue weighted by molar-refractivity contribution is 0.102. The summed E-state index contributed by atoms with van der Waals surface area (Å²) in [4.78, 5) is 12.3. The van der Waals surface area contributed by atoms with Crippen molar-refractivity contribution >= 4 is 57.3 Å². The van der Waals surface area contributed by atoms with Crippen molar-refractivity contribution in [3.63, 3.8) is 0 Å². The van der Waals surface area contributed by atoms with Crippen molar-refractivity contribution in [2.45, 2.75) is 17.2 Å². The molecule has 0 spiro atoms. The molecule has 8 heteroatoms. The van der Waals surface area contributed by atoms with Gasteiger partial charge in [0.1, 0.15) is 0 Å². The quantitative estimate of drug-likeness (QED) is 0.295. The van der Waals surface area contributed by atoms with E-state index in [0.717, 1.165) is 22.9 Å². The minimum atomic E-state index is -0.353. The summed E-state index contributed by atoms with van der Waals surface area (Å²) in [5, 5.41) is 12.1. The second kappa shape index (κ2) is 9.37. The van der Waals surface area contributed by atoms with Gasteiger partial charge in [0.05, 0.1) is 10.6 Å². The number of aryl methyl sites for hydroxylation is 1. The van der Waals surface area contributed by atoms with Gasteiger partial charge in [-0.15, -0.1) is 10.2 Å². The third-order valence-corrected chi connectivity index (χ3v) is 6.10. The normalized spacial score (nSPS) is 10.7. The molecule has 1 N–H and O–H groups in total. The number of carbonyl (C=O) groups excluding carboxylic acids is 1. The van der Waals surface area contributed by atoms with Crippen LogP contribution in [0.1, 0.15) is 22.3 Å². The molecule has 0 saturated carbocycles. The Morgan fingerprint density at radius 1 is 1.12 bits per heavy atom. The molecule has 2 aromatic carbocycles. The Bertz CT molecular complexity index is 887. The van der Waals surface area contributed by atoms with Crippen LogP contribution in [-0.2, 0) is 6.42 Å². The van der Waals surface area contributed by atoms with E-state index in [2.05, 4.69) is 27.6 Å². The van der Waals surface area contributed by atoms with Crippen molar-refractivity contribution in [3.05, 3.63) is 69.7 Å². The number of benzene rings is 2. The Labute approximate surface area is 169 Å². The first-order valence-corrected chi connectivity index (χ1v) is 10.4. The van der Waals surface area contributed by atoms with Crippen LogP contribution in [0.3, 0.4) is 0 Å². The van der Waals surface area contributed by atoms with E-state index in [0.29, 0.717) is 20.7 Å². The fourth-order valence-corrected chi connectivity index (χ4v) is 4.37. The fraction of sp³-hybridized carbons (Fsp3) is 0.167. The zero-order valence-corrected chi connectivity index (χ0v) is 16.8. The summed E-state index contributed by atoms with van der Waals surface area (Å²) in [5.41, 5.74) is 1.64. The summed E-state index contributed by atoms with van der Waals surface area (Å²) >= 11 is 14.9. The number of rotatable bonds is 7. The minimum Gasteiger partial charge on any atom is -0.296 e. The predicted molar refractivity (Wildman–Crippen MR) is 110 cm³/mol. The predicted octanol–water partition coefficient (Wildman–Crippen LogP) is 5.82. The zero-order chi connectivity index (χ0) is 18.4. The largest absolute Gasteiger partial charge is 0.296 e. The molecule has 3 aromatic rings. The summed E-state index contributed by atoms with van der Waals surface area (Å²) in [7, 11) is 0. The number of thioether (sulfide) groups is 1. The van der Waals surface area contributed by atoms with Gasteiger partial charge in [0.2, 0.25) is 5.13 Å². The SMILES string of the molecule is O=C(Nc1nnc(SCCCc2ccccc2)s1)c1cc(Cl)ccc1Cl. The van der Waals surface area contributed by atoms with Gasteiger partial charge in [0, 0.05) is 10.8 Å². The van der Waals surface area contributed by atoms with Crippen LogP contribution >= 0.6 is 46.3 Å². The molecule has 0 aliphatic carbocycles. The first-order valence-electron chi connectivity index (χ1n) is 7.88. The maximum atomic E-state index is 12.3. The number of aromatic nitrogens is 2. The monoisotopic (exact) mass is 423 g/mol. The van der Waals surface area contributed by atoms with Crippen molar-refractivity contribution in [3.8, 4) is 0 Å². The summed E-state index contributed by atoms with van der Waals surface area (Å²) in [6.45, 7) is 0. The average Bonchev–Trinajstić information content (AvgIpc) is 3.09. The van der Waals surface area contributed by atoms with Crippen LogP contribution in [0.5, 0.6) is 0 Å². The Hall–Kier alpha value is -1.60. The number of hydrogen-bond acceptors (Lipinski definition) is 5. The van der Waals surface area contributed by atoms with Crippen LogP contribution in [0.15, 0.2) is 52.9 Å². The molecule has 0 fully saturated rings. The summed E-state index contributed by atoms with van der Waals surface area (Å²) < 4.78 is 0.825. The van der Waals surface area contributed by atoms with Crippen LogP contribution in [0.2, 0.25) is 10.0 Å². The number of hydrogen-bond donors (Lipinski definition) is 1. The Morgan fingerprint density at radius 3 is 2.73 bits per heavy atom. The number of nitrogens with one attached hydrogen (secondary N) is 1. The molecule has 0 unspecified atom stereocenters. The minimum absolute atomic E-state index is 0.312. The van der Waals surface area contributed by atoms with Crippen LogP contribution in [0.4, 0.5) is 5.13 Å². The van der Waals surface area contributed by atoms with E-state index in [1.54, 1.807) is 23.9 Å². The molecular formula is C18H15Cl2N3OS2. The van der Waals surface area contributed by atoms with Gasteiger partial charge < -0.3 is 0 Å². The fourth-order valence-electron chi connectivity index (χ4n) is 2.24. The number of carbonyl (C=O) groups is 1. The Morgan fingerprint density at radius 2 is 1.92 bits per heavy atom. The van der Waals surface area contributed by atoms with Crippen molar-refractivity contribution in [1.29, 1.82) is 0 Å². The first-order chi connectivity index (χ1) is 12.6. The average molecular weight is 424 g/mol. The lowest BCUT2D eigenvalue weighted by Crippen LogP contribution is -2.12. The first kappa shape index (κ1) is 19.2. The van der Waals surface area contributed by atoms with Gasteiger partial charge >= 0.3 is 0 Å². The highest BCUT2D eigenvalue weighted by Crippen LogP contribution is 2.27. The Kier molecular flexibility index (Phi) is 6.91. The van der Waals surface area contributed by atoms with Gasteiger partial charge in [0.15, 0.2) is 4.34 Å². The highest BCUT2D eigenvalue weighted by atomic mass is 35.5. The molecule has 134 valence electrons. The molecule has 26 heavy (non-hydrogen) atoms. The summed E-state index contributed by atoms with van der Waals surface area (Å²) in [5.74, 6) is 0.590. The smallest absolute Gasteiger partial charge is 0.259 e. The topological polar surface area (TPSA) is 54.9 Å². The van der Waals surface area contributed by atoms with Crippen LogP contribution in [0.25, 0.3) is 0 Å². The van der Waals surface area contributed by atoms with Crippen molar-refractivity contribution in [2.75, 3.05) is 11.1 Å². The van der Waals surface area contributed by atoms with Gasteiger partial charge in [-0.1, -0.05) is 76.6 Å². The van der Waals surface area contributed by atoms with E-state index in [1.807, 2.05) is 18.2 Å². The summed E-state index contributed by atoms with van der Waals surface area (Å²) in [6.07, 6.45) is 2.08. The van der Waals surface area contributed by atoms with E-state index < -0.39 is 0 Å². The summed E-state index contributed by atoms with van der Waals surface area (Å²) in [6, 6.07) is 15.1. The van der Waals surface area contributed by atoms with Crippen molar-refractivity contribution in [2.24, 2.45) is 0 Å². The molecule has 1 aromatic heterocycles. The number of halogens is 2. The standard InChI is InChI=1S/C18H15Cl2N3OS2/c19-13-8-9-15(20)14(11-13)16(24)21-17-22-23-18(26-17)25-10-4-7-12-5-2-1-3-6-12/h1-3,5-6,8-9,11H,4,7,10H2,(H,21,22,24). The number of amides is 1. The van der Waals surface area contributed by atoms with Gasteiger partial charge in [0.25, 0.3) is 5.91 Å². The second-order valence-corrected chi connectivity index (χ2v) is 8.55. The highest BCUT2D eigenvalue weighted by molar-refractivity contribution is 8.01. The molecule has 0 aliphatic heterocycles. The van der Waals surface area contributed by atoms with Crippen molar-refractivity contribution < 1.29 is 4.79 Å². The highest BCUT2D eigenvalue weighted by Gasteiger charge is 2.14. The third-order valence-electron chi connectivity index (χ3n) is 3.48. The molecule has 4 nitrogen and oxygen atoms in total. The number of nitrogens with zero attached hydrogens (tertiary/aromatic N) is 2. The van der Waals surface area contributed by atoms with Crippen LogP contribution < -0.4 is 5.32 Å². The second-order valence-electron chi connectivity index (χ2n) is 5.39. The molecule has 0 aliphatic rings. The molecule has 0 atom stereocenters. The van der Waals surface area contributed by atoms with Gasteiger partial charge in [-0.05, 0) is 36.6 Å². The van der Waals surface area contributed by atoms with Gasteiger partial charge in [-0.3, -0.25) is 10.1 Å². The molecular weight excluding hydrogens is 409 g/mol. The molecule has 0 saturated heterocycles. The zero-order valence-electron chi connectivity index (χ0n) is 13.6.